The van der Waals surface area contributed by atoms with Gasteiger partial charge in [-0.15, -0.1) is 0 Å². The van der Waals surface area contributed by atoms with E-state index in [1.165, 1.54) is 4.90 Å². The molecule has 142 valence electrons. The number of aromatic nitrogens is 2. The van der Waals surface area contributed by atoms with Crippen LogP contribution in [0.2, 0.25) is 5.02 Å². The van der Waals surface area contributed by atoms with Crippen molar-refractivity contribution in [3.63, 3.8) is 0 Å². The Morgan fingerprint density at radius 2 is 1.92 bits per heavy atom. The summed E-state index contributed by atoms with van der Waals surface area (Å²) in [6.07, 6.45) is -2.83. The number of likely N-dealkylation sites (tertiary alicyclic amines) is 1. The number of benzene rings is 1. The van der Waals surface area contributed by atoms with Gasteiger partial charge in [0.05, 0.1) is 12.6 Å². The maximum Gasteiger partial charge on any atom is 0.401 e. The van der Waals surface area contributed by atoms with Crippen molar-refractivity contribution in [2.75, 3.05) is 19.6 Å². The van der Waals surface area contributed by atoms with E-state index < -0.39 is 12.7 Å². The van der Waals surface area contributed by atoms with Crippen LogP contribution in [0, 0.1) is 0 Å². The Labute approximate surface area is 154 Å². The lowest BCUT2D eigenvalue weighted by Gasteiger charge is -2.33. The summed E-state index contributed by atoms with van der Waals surface area (Å²) in [5.74, 6) is 0.929. The van der Waals surface area contributed by atoms with Gasteiger partial charge in [-0.3, -0.25) is 4.90 Å². The van der Waals surface area contributed by atoms with Gasteiger partial charge in [0.25, 0.3) is 5.89 Å². The average Bonchev–Trinajstić information content (AvgIpc) is 3.06. The predicted molar refractivity (Wildman–Crippen MR) is 91.8 cm³/mol. The van der Waals surface area contributed by atoms with Gasteiger partial charge in [0.2, 0.25) is 0 Å². The molecule has 26 heavy (non-hydrogen) atoms. The first-order valence-electron chi connectivity index (χ1n) is 8.45. The number of alkyl halides is 3. The molecular formula is C17H20ClF3N4O. The largest absolute Gasteiger partial charge is 0.401 e. The van der Waals surface area contributed by atoms with Gasteiger partial charge in [0, 0.05) is 16.6 Å². The summed E-state index contributed by atoms with van der Waals surface area (Å²) < 4.78 is 42.6. The zero-order valence-corrected chi connectivity index (χ0v) is 15.0. The second kappa shape index (κ2) is 7.94. The summed E-state index contributed by atoms with van der Waals surface area (Å²) >= 11 is 5.87. The Kier molecular flexibility index (Phi) is 5.84. The molecule has 0 unspecified atom stereocenters. The quantitative estimate of drug-likeness (QED) is 0.836. The molecule has 0 radical (unpaired) electrons. The summed E-state index contributed by atoms with van der Waals surface area (Å²) in [7, 11) is 0. The lowest BCUT2D eigenvalue weighted by molar-refractivity contribution is -0.148. The topological polar surface area (TPSA) is 54.2 Å². The van der Waals surface area contributed by atoms with E-state index in [1.807, 2.05) is 6.92 Å². The van der Waals surface area contributed by atoms with Crippen molar-refractivity contribution in [2.45, 2.75) is 38.0 Å². The number of nitrogens with one attached hydrogen (secondary N) is 1. The van der Waals surface area contributed by atoms with Gasteiger partial charge in [-0.25, -0.2) is 0 Å². The van der Waals surface area contributed by atoms with Gasteiger partial charge < -0.3 is 9.84 Å². The predicted octanol–water partition coefficient (Wildman–Crippen LogP) is 4.07. The van der Waals surface area contributed by atoms with Crippen LogP contribution >= 0.6 is 11.6 Å². The van der Waals surface area contributed by atoms with Crippen LogP contribution in [0.25, 0.3) is 11.5 Å². The first-order valence-corrected chi connectivity index (χ1v) is 8.82. The van der Waals surface area contributed by atoms with Gasteiger partial charge in [0.1, 0.15) is 0 Å². The van der Waals surface area contributed by atoms with Crippen LogP contribution in [-0.2, 0) is 0 Å². The van der Waals surface area contributed by atoms with E-state index in [0.717, 1.165) is 5.56 Å². The molecule has 0 spiro atoms. The normalized spacial score (nSPS) is 18.2. The fourth-order valence-corrected chi connectivity index (χ4v) is 3.19. The molecule has 1 fully saturated rings. The smallest absolute Gasteiger partial charge is 0.334 e. The SMILES string of the molecule is C[C@@H](NC1CCN(CC(F)(F)F)CC1)c1noc(-c2ccc(Cl)cc2)n1. The van der Waals surface area contributed by atoms with E-state index in [4.69, 9.17) is 16.1 Å². The highest BCUT2D eigenvalue weighted by molar-refractivity contribution is 6.30. The van der Waals surface area contributed by atoms with Crippen molar-refractivity contribution >= 4 is 11.6 Å². The lowest BCUT2D eigenvalue weighted by Crippen LogP contribution is -2.46. The Balaban J connectivity index is 1.53. The van der Waals surface area contributed by atoms with Gasteiger partial charge in [-0.2, -0.15) is 18.2 Å². The second-order valence-electron chi connectivity index (χ2n) is 6.52. The van der Waals surface area contributed by atoms with Gasteiger partial charge in [-0.1, -0.05) is 16.8 Å². The third-order valence-corrected chi connectivity index (χ3v) is 4.65. The molecule has 1 aromatic carbocycles. The molecule has 1 aliphatic rings. The standard InChI is InChI=1S/C17H20ClF3N4O/c1-11(22-14-6-8-25(9-7-14)10-17(19,20)21)15-23-16(26-24-15)12-2-4-13(18)5-3-12/h2-5,11,14,22H,6-10H2,1H3/t11-/m1/s1. The molecule has 1 atom stereocenters. The molecule has 3 rings (SSSR count). The van der Waals surface area contributed by atoms with E-state index >= 15 is 0 Å². The Bertz CT molecular complexity index is 712. The van der Waals surface area contributed by atoms with Gasteiger partial charge in [-0.05, 0) is 57.1 Å². The number of nitrogens with zero attached hydrogens (tertiary/aromatic N) is 3. The average molecular weight is 389 g/mol. The van der Waals surface area contributed by atoms with Gasteiger partial charge in [0.15, 0.2) is 5.82 Å². The number of halogens is 4. The van der Waals surface area contributed by atoms with Crippen molar-refractivity contribution in [3.05, 3.63) is 35.1 Å². The molecule has 1 aliphatic heterocycles. The van der Waals surface area contributed by atoms with Crippen LogP contribution in [-0.4, -0.2) is 46.9 Å². The number of hydrogen-bond donors (Lipinski definition) is 1. The van der Waals surface area contributed by atoms with Crippen molar-refractivity contribution in [2.24, 2.45) is 0 Å². The fourth-order valence-electron chi connectivity index (χ4n) is 3.06. The van der Waals surface area contributed by atoms with E-state index in [-0.39, 0.29) is 12.1 Å². The number of piperidine rings is 1. The molecule has 0 amide bonds. The molecule has 1 saturated heterocycles. The molecule has 9 heteroatoms. The maximum absolute atomic E-state index is 12.4. The first-order chi connectivity index (χ1) is 12.3. The van der Waals surface area contributed by atoms with Crippen LogP contribution in [0.4, 0.5) is 13.2 Å². The highest BCUT2D eigenvalue weighted by atomic mass is 35.5. The molecule has 0 aliphatic carbocycles. The van der Waals surface area contributed by atoms with E-state index in [9.17, 15) is 13.2 Å². The third kappa shape index (κ3) is 5.18. The summed E-state index contributed by atoms with van der Waals surface area (Å²) in [5, 5.41) is 8.01. The lowest BCUT2D eigenvalue weighted by atomic mass is 10.0. The number of hydrogen-bond acceptors (Lipinski definition) is 5. The molecule has 1 N–H and O–H groups in total. The molecule has 5 nitrogen and oxygen atoms in total. The Morgan fingerprint density at radius 3 is 2.54 bits per heavy atom. The summed E-state index contributed by atoms with van der Waals surface area (Å²) in [5.41, 5.74) is 0.779. The van der Waals surface area contributed by atoms with Crippen molar-refractivity contribution in [3.8, 4) is 11.5 Å². The Morgan fingerprint density at radius 1 is 1.27 bits per heavy atom. The molecule has 2 heterocycles. The van der Waals surface area contributed by atoms with Crippen LogP contribution in [0.15, 0.2) is 28.8 Å². The molecule has 0 saturated carbocycles. The van der Waals surface area contributed by atoms with E-state index in [0.29, 0.717) is 42.7 Å². The van der Waals surface area contributed by atoms with E-state index in [2.05, 4.69) is 15.5 Å². The van der Waals surface area contributed by atoms with Crippen LogP contribution in [0.1, 0.15) is 31.6 Å². The monoisotopic (exact) mass is 388 g/mol. The van der Waals surface area contributed by atoms with Crippen LogP contribution < -0.4 is 5.32 Å². The molecule has 2 aromatic rings. The van der Waals surface area contributed by atoms with Crippen LogP contribution in [0.5, 0.6) is 0 Å². The zero-order valence-electron chi connectivity index (χ0n) is 14.3. The third-order valence-electron chi connectivity index (χ3n) is 4.40. The maximum atomic E-state index is 12.4. The summed E-state index contributed by atoms with van der Waals surface area (Å²) in [6, 6.07) is 7.07. The highest BCUT2D eigenvalue weighted by Crippen LogP contribution is 2.23. The van der Waals surface area contributed by atoms with Crippen molar-refractivity contribution < 1.29 is 17.7 Å². The summed E-state index contributed by atoms with van der Waals surface area (Å²) in [4.78, 5) is 5.84. The van der Waals surface area contributed by atoms with Gasteiger partial charge >= 0.3 is 6.18 Å². The summed E-state index contributed by atoms with van der Waals surface area (Å²) in [6.45, 7) is 1.92. The minimum Gasteiger partial charge on any atom is -0.334 e. The minimum atomic E-state index is -4.14. The van der Waals surface area contributed by atoms with E-state index in [1.54, 1.807) is 24.3 Å². The zero-order chi connectivity index (χ0) is 18.7. The molecule has 1 aromatic heterocycles. The Hall–Kier alpha value is -1.64. The first kappa shape index (κ1) is 19.1. The molecule has 0 bridgehead atoms. The molecular weight excluding hydrogens is 369 g/mol. The second-order valence-corrected chi connectivity index (χ2v) is 6.96. The number of rotatable bonds is 5. The fraction of sp³-hybridized carbons (Fsp3) is 0.529. The van der Waals surface area contributed by atoms with Crippen molar-refractivity contribution in [1.29, 1.82) is 0 Å². The minimum absolute atomic E-state index is 0.131. The van der Waals surface area contributed by atoms with Crippen LogP contribution in [0.3, 0.4) is 0 Å². The van der Waals surface area contributed by atoms with Crippen molar-refractivity contribution in [1.82, 2.24) is 20.4 Å². The highest BCUT2D eigenvalue weighted by Gasteiger charge is 2.32.